The second kappa shape index (κ2) is 4.53. The summed E-state index contributed by atoms with van der Waals surface area (Å²) in [4.78, 5) is 12.8. The summed E-state index contributed by atoms with van der Waals surface area (Å²) in [6.45, 7) is 0. The lowest BCUT2D eigenvalue weighted by Crippen LogP contribution is -2.07. The maximum absolute atomic E-state index is 11.6. The number of thioether (sulfide) groups is 1. The van der Waals surface area contributed by atoms with Gasteiger partial charge in [0.25, 0.3) is 0 Å². The molecule has 1 atom stereocenters. The standard InChI is InChI=1S/C15H14OS/c16-14-6-3-7-15(14)17-13-9-8-11-4-1-2-5-12(11)10-13/h1-2,4-5,8-10,15H,3,6-7H2. The molecule has 0 saturated heterocycles. The van der Waals surface area contributed by atoms with E-state index in [2.05, 4.69) is 42.5 Å². The van der Waals surface area contributed by atoms with Crippen molar-refractivity contribution in [1.82, 2.24) is 0 Å². The van der Waals surface area contributed by atoms with Crippen LogP contribution < -0.4 is 0 Å². The van der Waals surface area contributed by atoms with Gasteiger partial charge in [-0.2, -0.15) is 0 Å². The second-order valence-corrected chi connectivity index (χ2v) is 5.75. The monoisotopic (exact) mass is 242 g/mol. The SMILES string of the molecule is O=C1CCCC1Sc1ccc2ccccc2c1. The van der Waals surface area contributed by atoms with E-state index in [-0.39, 0.29) is 5.25 Å². The van der Waals surface area contributed by atoms with E-state index >= 15 is 0 Å². The maximum Gasteiger partial charge on any atom is 0.146 e. The lowest BCUT2D eigenvalue weighted by Gasteiger charge is -2.08. The van der Waals surface area contributed by atoms with Crippen molar-refractivity contribution in [3.05, 3.63) is 42.5 Å². The van der Waals surface area contributed by atoms with Gasteiger partial charge in [-0.15, -0.1) is 11.8 Å². The van der Waals surface area contributed by atoms with Crippen LogP contribution in [0.15, 0.2) is 47.4 Å². The largest absolute Gasteiger partial charge is 0.298 e. The Bertz CT molecular complexity index is 562. The predicted octanol–water partition coefficient (Wildman–Crippen LogP) is 4.05. The zero-order chi connectivity index (χ0) is 11.7. The lowest BCUT2D eigenvalue weighted by molar-refractivity contribution is -0.116. The molecule has 0 spiro atoms. The minimum atomic E-state index is 0.191. The fraction of sp³-hybridized carbons (Fsp3) is 0.267. The summed E-state index contributed by atoms with van der Waals surface area (Å²) in [6, 6.07) is 14.8. The van der Waals surface area contributed by atoms with Gasteiger partial charge in [0.05, 0.1) is 5.25 Å². The lowest BCUT2D eigenvalue weighted by atomic mass is 10.1. The summed E-state index contributed by atoms with van der Waals surface area (Å²) < 4.78 is 0. The number of carbonyl (C=O) groups is 1. The molecule has 0 heterocycles. The molecular weight excluding hydrogens is 228 g/mol. The Morgan fingerprint density at radius 1 is 1.06 bits per heavy atom. The molecular formula is C15H14OS. The molecule has 0 bridgehead atoms. The van der Waals surface area contributed by atoms with E-state index in [1.54, 1.807) is 11.8 Å². The first-order valence-corrected chi connectivity index (χ1v) is 6.89. The van der Waals surface area contributed by atoms with Crippen molar-refractivity contribution < 1.29 is 4.79 Å². The summed E-state index contributed by atoms with van der Waals surface area (Å²) in [5, 5.41) is 2.70. The molecule has 0 amide bonds. The number of ketones is 1. The van der Waals surface area contributed by atoms with Gasteiger partial charge in [0.2, 0.25) is 0 Å². The highest BCUT2D eigenvalue weighted by molar-refractivity contribution is 8.00. The first-order valence-electron chi connectivity index (χ1n) is 6.01. The van der Waals surface area contributed by atoms with Crippen LogP contribution in [-0.4, -0.2) is 11.0 Å². The topological polar surface area (TPSA) is 17.1 Å². The third-order valence-corrected chi connectivity index (χ3v) is 4.56. The van der Waals surface area contributed by atoms with Crippen LogP contribution in [0.25, 0.3) is 10.8 Å². The normalized spacial score (nSPS) is 20.0. The molecule has 3 rings (SSSR count). The van der Waals surface area contributed by atoms with Gasteiger partial charge >= 0.3 is 0 Å². The first-order chi connectivity index (χ1) is 8.33. The Morgan fingerprint density at radius 2 is 1.88 bits per heavy atom. The maximum atomic E-state index is 11.6. The third-order valence-electron chi connectivity index (χ3n) is 3.25. The van der Waals surface area contributed by atoms with E-state index in [0.29, 0.717) is 5.78 Å². The molecule has 0 aliphatic heterocycles. The molecule has 2 aromatic rings. The molecule has 1 unspecified atom stereocenters. The highest BCUT2D eigenvalue weighted by Gasteiger charge is 2.25. The van der Waals surface area contributed by atoms with Crippen molar-refractivity contribution in [3.63, 3.8) is 0 Å². The summed E-state index contributed by atoms with van der Waals surface area (Å²) in [6.07, 6.45) is 2.87. The zero-order valence-electron chi connectivity index (χ0n) is 9.56. The average molecular weight is 242 g/mol. The molecule has 1 aliphatic carbocycles. The van der Waals surface area contributed by atoms with Gasteiger partial charge in [0.15, 0.2) is 0 Å². The second-order valence-electron chi connectivity index (χ2n) is 4.47. The number of benzene rings is 2. The van der Waals surface area contributed by atoms with E-state index in [9.17, 15) is 4.79 Å². The van der Waals surface area contributed by atoms with Gasteiger partial charge in [-0.05, 0) is 35.7 Å². The molecule has 1 aliphatic rings. The van der Waals surface area contributed by atoms with Crippen LogP contribution in [0.2, 0.25) is 0 Å². The molecule has 0 radical (unpaired) electrons. The van der Waals surface area contributed by atoms with Crippen LogP contribution >= 0.6 is 11.8 Å². The Kier molecular flexibility index (Phi) is 2.89. The van der Waals surface area contributed by atoms with Crippen molar-refractivity contribution in [2.24, 2.45) is 0 Å². The number of carbonyl (C=O) groups excluding carboxylic acids is 1. The minimum Gasteiger partial charge on any atom is -0.298 e. The van der Waals surface area contributed by atoms with E-state index < -0.39 is 0 Å². The molecule has 0 aromatic heterocycles. The Balaban J connectivity index is 1.88. The Morgan fingerprint density at radius 3 is 2.65 bits per heavy atom. The number of Topliss-reactive ketones (excluding diaryl/α,β-unsaturated/α-hetero) is 1. The molecule has 1 nitrogen and oxygen atoms in total. The summed E-state index contributed by atoms with van der Waals surface area (Å²) in [5.74, 6) is 0.420. The van der Waals surface area contributed by atoms with Gasteiger partial charge in [-0.25, -0.2) is 0 Å². The molecule has 2 heteroatoms. The molecule has 1 fully saturated rings. The van der Waals surface area contributed by atoms with Crippen molar-refractivity contribution >= 4 is 28.3 Å². The Labute approximate surface area is 105 Å². The predicted molar refractivity (Wildman–Crippen MR) is 72.5 cm³/mol. The zero-order valence-corrected chi connectivity index (χ0v) is 10.4. The highest BCUT2D eigenvalue weighted by atomic mass is 32.2. The third kappa shape index (κ3) is 2.22. The quantitative estimate of drug-likeness (QED) is 0.790. The number of rotatable bonds is 2. The fourth-order valence-corrected chi connectivity index (χ4v) is 3.52. The highest BCUT2D eigenvalue weighted by Crippen LogP contribution is 2.33. The summed E-state index contributed by atoms with van der Waals surface area (Å²) >= 11 is 1.72. The minimum absolute atomic E-state index is 0.191. The average Bonchev–Trinajstić information content (AvgIpc) is 2.75. The van der Waals surface area contributed by atoms with Gasteiger partial charge < -0.3 is 0 Å². The van der Waals surface area contributed by atoms with E-state index in [4.69, 9.17) is 0 Å². The smallest absolute Gasteiger partial charge is 0.146 e. The summed E-state index contributed by atoms with van der Waals surface area (Å²) in [5.41, 5.74) is 0. The van der Waals surface area contributed by atoms with Crippen LogP contribution in [0.4, 0.5) is 0 Å². The Hall–Kier alpha value is -1.28. The van der Waals surface area contributed by atoms with Gasteiger partial charge in [-0.1, -0.05) is 30.3 Å². The van der Waals surface area contributed by atoms with Crippen molar-refractivity contribution in [2.75, 3.05) is 0 Å². The van der Waals surface area contributed by atoms with Crippen LogP contribution in [-0.2, 0) is 4.79 Å². The number of hydrogen-bond acceptors (Lipinski definition) is 2. The number of hydrogen-bond donors (Lipinski definition) is 0. The van der Waals surface area contributed by atoms with Crippen molar-refractivity contribution in [1.29, 1.82) is 0 Å². The first kappa shape index (κ1) is 10.8. The van der Waals surface area contributed by atoms with Crippen LogP contribution in [0.3, 0.4) is 0 Å². The van der Waals surface area contributed by atoms with Crippen LogP contribution in [0.1, 0.15) is 19.3 Å². The van der Waals surface area contributed by atoms with E-state index in [1.807, 2.05) is 0 Å². The number of fused-ring (bicyclic) bond motifs is 1. The molecule has 1 saturated carbocycles. The molecule has 86 valence electrons. The molecule has 2 aromatic carbocycles. The van der Waals surface area contributed by atoms with Gasteiger partial charge in [0.1, 0.15) is 5.78 Å². The van der Waals surface area contributed by atoms with E-state index in [0.717, 1.165) is 19.3 Å². The fourth-order valence-electron chi connectivity index (χ4n) is 2.31. The van der Waals surface area contributed by atoms with Crippen LogP contribution in [0, 0.1) is 0 Å². The van der Waals surface area contributed by atoms with Crippen LogP contribution in [0.5, 0.6) is 0 Å². The van der Waals surface area contributed by atoms with Crippen molar-refractivity contribution in [3.8, 4) is 0 Å². The molecule has 17 heavy (non-hydrogen) atoms. The summed E-state index contributed by atoms with van der Waals surface area (Å²) in [7, 11) is 0. The van der Waals surface area contributed by atoms with Gasteiger partial charge in [-0.3, -0.25) is 4.79 Å². The van der Waals surface area contributed by atoms with Gasteiger partial charge in [0, 0.05) is 11.3 Å². The molecule has 0 N–H and O–H groups in total. The van der Waals surface area contributed by atoms with E-state index in [1.165, 1.54) is 15.7 Å². The van der Waals surface area contributed by atoms with Crippen molar-refractivity contribution in [2.45, 2.75) is 29.4 Å².